The van der Waals surface area contributed by atoms with Gasteiger partial charge in [-0.05, 0) is 12.8 Å². The molecule has 0 bridgehead atoms. The highest BCUT2D eigenvalue weighted by Gasteiger charge is 2.34. The van der Waals surface area contributed by atoms with Crippen LogP contribution >= 0.6 is 0 Å². The first kappa shape index (κ1) is 13.0. The highest BCUT2D eigenvalue weighted by molar-refractivity contribution is 5.90. The van der Waals surface area contributed by atoms with E-state index in [1.165, 1.54) is 4.90 Å². The number of carbonyl (C=O) groups is 1. The van der Waals surface area contributed by atoms with Crippen molar-refractivity contribution in [3.8, 4) is 0 Å². The predicted octanol–water partition coefficient (Wildman–Crippen LogP) is 0.744. The molecule has 0 saturated heterocycles. The molecule has 0 radical (unpaired) electrons. The molecule has 1 saturated carbocycles. The van der Waals surface area contributed by atoms with Gasteiger partial charge in [-0.2, -0.15) is 0 Å². The summed E-state index contributed by atoms with van der Waals surface area (Å²) in [5, 5.41) is 16.9. The molecule has 0 aromatic carbocycles. The van der Waals surface area contributed by atoms with Crippen molar-refractivity contribution in [2.75, 3.05) is 13.6 Å². The highest BCUT2D eigenvalue weighted by Crippen LogP contribution is 2.30. The summed E-state index contributed by atoms with van der Waals surface area (Å²) in [6, 6.07) is 0. The minimum atomic E-state index is -0.728. The molecule has 2 rings (SSSR count). The van der Waals surface area contributed by atoms with E-state index in [0.717, 1.165) is 25.7 Å². The van der Waals surface area contributed by atoms with Gasteiger partial charge in [-0.3, -0.25) is 9.89 Å². The molecule has 1 aromatic heterocycles. The maximum Gasteiger partial charge on any atom is 0.293 e. The van der Waals surface area contributed by atoms with Crippen LogP contribution in [-0.2, 0) is 6.42 Å². The summed E-state index contributed by atoms with van der Waals surface area (Å²) in [6.45, 7) is 2.29. The first-order valence-corrected chi connectivity index (χ1v) is 6.43. The summed E-state index contributed by atoms with van der Waals surface area (Å²) >= 11 is 0. The van der Waals surface area contributed by atoms with Gasteiger partial charge in [-0.15, -0.1) is 5.10 Å². The number of nitrogens with one attached hydrogen (secondary N) is 1. The van der Waals surface area contributed by atoms with Crippen LogP contribution in [0.3, 0.4) is 0 Å². The summed E-state index contributed by atoms with van der Waals surface area (Å²) in [5.74, 6) is 0.633. The van der Waals surface area contributed by atoms with Crippen molar-refractivity contribution >= 4 is 5.91 Å². The molecule has 1 amide bonds. The third-order valence-corrected chi connectivity index (χ3v) is 3.47. The van der Waals surface area contributed by atoms with E-state index in [0.29, 0.717) is 18.8 Å². The molecule has 6 heteroatoms. The number of carbonyl (C=O) groups excluding carboxylic acids is 1. The Hall–Kier alpha value is -1.43. The molecule has 6 nitrogen and oxygen atoms in total. The van der Waals surface area contributed by atoms with E-state index in [2.05, 4.69) is 15.2 Å². The van der Waals surface area contributed by atoms with Gasteiger partial charge in [-0.25, -0.2) is 4.98 Å². The topological polar surface area (TPSA) is 82.1 Å². The average molecular weight is 252 g/mol. The Bertz CT molecular complexity index is 423. The molecular formula is C12H20N4O2. The van der Waals surface area contributed by atoms with Crippen LogP contribution in [-0.4, -0.2) is 50.3 Å². The molecule has 0 atom stereocenters. The van der Waals surface area contributed by atoms with Gasteiger partial charge in [0.15, 0.2) is 0 Å². The van der Waals surface area contributed by atoms with Crippen molar-refractivity contribution < 1.29 is 9.90 Å². The van der Waals surface area contributed by atoms with Crippen molar-refractivity contribution in [2.45, 2.75) is 44.6 Å². The zero-order valence-electron chi connectivity index (χ0n) is 10.9. The van der Waals surface area contributed by atoms with Gasteiger partial charge in [0.25, 0.3) is 5.91 Å². The lowest BCUT2D eigenvalue weighted by molar-refractivity contribution is 0.0153. The normalized spacial score (nSPS) is 17.9. The van der Waals surface area contributed by atoms with Gasteiger partial charge in [-0.1, -0.05) is 19.8 Å². The van der Waals surface area contributed by atoms with Gasteiger partial charge in [0.1, 0.15) is 5.82 Å². The van der Waals surface area contributed by atoms with Crippen LogP contribution in [0, 0.1) is 0 Å². The van der Waals surface area contributed by atoms with Gasteiger partial charge < -0.3 is 10.0 Å². The van der Waals surface area contributed by atoms with E-state index in [9.17, 15) is 9.90 Å². The minimum absolute atomic E-state index is 0.177. The fourth-order valence-electron chi connectivity index (χ4n) is 2.42. The summed E-state index contributed by atoms with van der Waals surface area (Å²) in [5.41, 5.74) is -0.728. The molecule has 1 aliphatic carbocycles. The number of aliphatic hydroxyl groups is 1. The van der Waals surface area contributed by atoms with E-state index in [1.807, 2.05) is 6.92 Å². The van der Waals surface area contributed by atoms with Crippen molar-refractivity contribution in [1.29, 1.82) is 0 Å². The van der Waals surface area contributed by atoms with E-state index >= 15 is 0 Å². The lowest BCUT2D eigenvalue weighted by Crippen LogP contribution is -2.42. The molecule has 0 aliphatic heterocycles. The Morgan fingerprint density at radius 3 is 2.72 bits per heavy atom. The monoisotopic (exact) mass is 252 g/mol. The van der Waals surface area contributed by atoms with Gasteiger partial charge in [0, 0.05) is 20.0 Å². The van der Waals surface area contributed by atoms with Crippen LogP contribution in [0.25, 0.3) is 0 Å². The number of aryl methyl sites for hydroxylation is 1. The Morgan fingerprint density at radius 1 is 1.50 bits per heavy atom. The van der Waals surface area contributed by atoms with Gasteiger partial charge in [0.2, 0.25) is 5.82 Å². The zero-order chi connectivity index (χ0) is 13.2. The summed E-state index contributed by atoms with van der Waals surface area (Å²) in [7, 11) is 1.68. The molecule has 1 fully saturated rings. The summed E-state index contributed by atoms with van der Waals surface area (Å²) < 4.78 is 0. The maximum absolute atomic E-state index is 12.1. The van der Waals surface area contributed by atoms with Crippen LogP contribution in [0.15, 0.2) is 0 Å². The second-order valence-electron chi connectivity index (χ2n) is 5.05. The lowest BCUT2D eigenvalue weighted by Gasteiger charge is -2.27. The number of rotatable bonds is 4. The number of aromatic amines is 1. The van der Waals surface area contributed by atoms with Crippen LogP contribution in [0.1, 0.15) is 49.1 Å². The number of nitrogens with zero attached hydrogens (tertiary/aromatic N) is 3. The molecule has 2 N–H and O–H groups in total. The molecule has 0 spiro atoms. The van der Waals surface area contributed by atoms with Crippen LogP contribution in [0.4, 0.5) is 0 Å². The van der Waals surface area contributed by atoms with Crippen molar-refractivity contribution in [3.05, 3.63) is 11.6 Å². The van der Waals surface area contributed by atoms with Gasteiger partial charge >= 0.3 is 0 Å². The van der Waals surface area contributed by atoms with Crippen LogP contribution in [0.2, 0.25) is 0 Å². The molecule has 18 heavy (non-hydrogen) atoms. The zero-order valence-corrected chi connectivity index (χ0v) is 10.9. The van der Waals surface area contributed by atoms with Crippen molar-refractivity contribution in [1.82, 2.24) is 20.1 Å². The SMILES string of the molecule is CCc1nc(C(=O)N(C)CC2(O)CCCC2)n[nH]1. The Balaban J connectivity index is 2.00. The van der Waals surface area contributed by atoms with Crippen LogP contribution < -0.4 is 0 Å². The van der Waals surface area contributed by atoms with Gasteiger partial charge in [0.05, 0.1) is 5.60 Å². The Morgan fingerprint density at radius 2 is 2.17 bits per heavy atom. The predicted molar refractivity (Wildman–Crippen MR) is 66.1 cm³/mol. The second kappa shape index (κ2) is 5.06. The third-order valence-electron chi connectivity index (χ3n) is 3.47. The fourth-order valence-corrected chi connectivity index (χ4v) is 2.42. The Kier molecular flexibility index (Phi) is 3.65. The van der Waals surface area contributed by atoms with E-state index in [-0.39, 0.29) is 11.7 Å². The fraction of sp³-hybridized carbons (Fsp3) is 0.750. The molecule has 0 unspecified atom stereocenters. The summed E-state index contributed by atoms with van der Waals surface area (Å²) in [6.07, 6.45) is 4.30. The van der Waals surface area contributed by atoms with E-state index in [4.69, 9.17) is 0 Å². The third kappa shape index (κ3) is 2.69. The number of H-pyrrole nitrogens is 1. The largest absolute Gasteiger partial charge is 0.388 e. The molecule has 1 aliphatic rings. The van der Waals surface area contributed by atoms with Crippen molar-refractivity contribution in [3.63, 3.8) is 0 Å². The molecule has 1 aromatic rings. The average Bonchev–Trinajstić information content (AvgIpc) is 2.96. The van der Waals surface area contributed by atoms with E-state index in [1.54, 1.807) is 7.05 Å². The van der Waals surface area contributed by atoms with E-state index < -0.39 is 5.60 Å². The number of hydrogen-bond donors (Lipinski definition) is 2. The number of amides is 1. The lowest BCUT2D eigenvalue weighted by atomic mass is 10.0. The van der Waals surface area contributed by atoms with Crippen LogP contribution in [0.5, 0.6) is 0 Å². The highest BCUT2D eigenvalue weighted by atomic mass is 16.3. The first-order valence-electron chi connectivity index (χ1n) is 6.43. The number of hydrogen-bond acceptors (Lipinski definition) is 4. The summed E-state index contributed by atoms with van der Waals surface area (Å²) in [4.78, 5) is 17.7. The Labute approximate surface area is 106 Å². The molecular weight excluding hydrogens is 232 g/mol. The second-order valence-corrected chi connectivity index (χ2v) is 5.05. The molecule has 1 heterocycles. The minimum Gasteiger partial charge on any atom is -0.388 e. The van der Waals surface area contributed by atoms with Crippen molar-refractivity contribution in [2.24, 2.45) is 0 Å². The number of likely N-dealkylation sites (N-methyl/N-ethyl adjacent to an activating group) is 1. The number of aromatic nitrogens is 3. The first-order chi connectivity index (χ1) is 8.54. The maximum atomic E-state index is 12.1. The molecule has 100 valence electrons. The smallest absolute Gasteiger partial charge is 0.293 e. The quantitative estimate of drug-likeness (QED) is 0.828. The standard InChI is InChI=1S/C12H20N4O2/c1-3-9-13-10(15-14-9)11(17)16(2)8-12(18)6-4-5-7-12/h18H,3-8H2,1-2H3,(H,13,14,15).